The molecule has 0 saturated carbocycles. The predicted molar refractivity (Wildman–Crippen MR) is 236 cm³/mol. The van der Waals surface area contributed by atoms with Gasteiger partial charge < -0.3 is 14.2 Å². The minimum atomic E-state index is -1.62. The zero-order valence-corrected chi connectivity index (χ0v) is 38.2. The molecule has 0 saturated heterocycles. The Morgan fingerprint density at radius 3 is 1.25 bits per heavy atom. The van der Waals surface area contributed by atoms with Crippen LogP contribution in [0.3, 0.4) is 0 Å². The molecule has 0 spiro atoms. The lowest BCUT2D eigenvalue weighted by Gasteiger charge is -2.38. The van der Waals surface area contributed by atoms with Gasteiger partial charge in [-0.25, -0.2) is 0 Å². The molecule has 4 rings (SSSR count). The smallest absolute Gasteiger partial charge is 0.122 e. The van der Waals surface area contributed by atoms with Crippen molar-refractivity contribution in [3.05, 3.63) is 95.1 Å². The zero-order valence-electron chi connectivity index (χ0n) is 36.2. The summed E-state index contributed by atoms with van der Waals surface area (Å²) in [5.41, 5.74) is 5.57. The molecule has 0 aliphatic heterocycles. The van der Waals surface area contributed by atoms with Crippen LogP contribution in [0, 0.1) is 10.8 Å². The maximum absolute atomic E-state index is 6.54. The first kappa shape index (κ1) is 43.1. The van der Waals surface area contributed by atoms with Crippen LogP contribution in [-0.2, 0) is 15.6 Å². The lowest BCUT2D eigenvalue weighted by atomic mass is 9.68. The van der Waals surface area contributed by atoms with E-state index in [1.54, 1.807) is 0 Å². The van der Waals surface area contributed by atoms with Gasteiger partial charge in [-0.05, 0) is 84.7 Å². The molecule has 0 fully saturated rings. The van der Waals surface area contributed by atoms with Crippen LogP contribution in [-0.4, -0.2) is 42.6 Å². The molecule has 3 nitrogen and oxygen atoms in total. The molecule has 53 heavy (non-hydrogen) atoms. The van der Waals surface area contributed by atoms with Crippen LogP contribution in [0.2, 0.25) is 39.3 Å². The highest BCUT2D eigenvalue weighted by molar-refractivity contribution is 6.89. The van der Waals surface area contributed by atoms with Crippen molar-refractivity contribution in [1.29, 1.82) is 0 Å². The lowest BCUT2D eigenvalue weighted by molar-refractivity contribution is 0.119. The van der Waals surface area contributed by atoms with Gasteiger partial charge in [0.1, 0.15) is 11.5 Å². The summed E-state index contributed by atoms with van der Waals surface area (Å²) in [5, 5.41) is 2.84. The van der Waals surface area contributed by atoms with E-state index in [0.29, 0.717) is 13.2 Å². The van der Waals surface area contributed by atoms with Crippen molar-refractivity contribution in [3.63, 3.8) is 0 Å². The van der Waals surface area contributed by atoms with E-state index in [-0.39, 0.29) is 21.7 Å². The first-order chi connectivity index (χ1) is 24.7. The lowest BCUT2D eigenvalue weighted by Crippen LogP contribution is -2.40. The maximum Gasteiger partial charge on any atom is 0.122 e. The van der Waals surface area contributed by atoms with E-state index in [0.717, 1.165) is 63.2 Å². The van der Waals surface area contributed by atoms with Crippen molar-refractivity contribution in [2.45, 2.75) is 144 Å². The minimum Gasteiger partial charge on any atom is -0.494 e. The van der Waals surface area contributed by atoms with Gasteiger partial charge in [0.25, 0.3) is 0 Å². The molecule has 5 heteroatoms. The van der Waals surface area contributed by atoms with Gasteiger partial charge in [0.05, 0.1) is 29.4 Å². The van der Waals surface area contributed by atoms with E-state index >= 15 is 0 Å². The normalized spacial score (nSPS) is 21.0. The van der Waals surface area contributed by atoms with Gasteiger partial charge in [-0.3, -0.25) is 0 Å². The third-order valence-electron chi connectivity index (χ3n) is 11.4. The standard InChI is InChI=1S/C48H74O3Si2/c1-15-50-43-39(21-17-23-41(43)52(9,10)11)47(31-25-37(26-32-47)45(3,4)5)29-19-35-49-36-20-30-48(33-27-38(28-34-48)46(6,7)8)40-22-18-24-42(53(12,13)14)44(40)51-16-2/h17-18,21-28,31,33H,15-16,19-20,29-30,32,34-36H2,1-14H3. The second kappa shape index (κ2) is 17.0. The van der Waals surface area contributed by atoms with Crippen LogP contribution in [0.1, 0.15) is 105 Å². The van der Waals surface area contributed by atoms with Crippen LogP contribution < -0.4 is 19.8 Å². The van der Waals surface area contributed by atoms with E-state index in [9.17, 15) is 0 Å². The first-order valence-electron chi connectivity index (χ1n) is 20.6. The molecule has 0 N–H and O–H groups in total. The third kappa shape index (κ3) is 10.4. The average Bonchev–Trinajstić information content (AvgIpc) is 3.07. The SMILES string of the molecule is CCOc1c(C2(CCCOCCCC3(c4cccc([Si](C)(C)C)c4OCC)C=CC(C(C)(C)C)=CC3)C=CC(C(C)(C)C)=CC2)cccc1[Si](C)(C)C. The topological polar surface area (TPSA) is 27.7 Å². The predicted octanol–water partition coefficient (Wildman–Crippen LogP) is 12.2. The van der Waals surface area contributed by atoms with Crippen molar-refractivity contribution in [1.82, 2.24) is 0 Å². The van der Waals surface area contributed by atoms with E-state index in [4.69, 9.17) is 14.2 Å². The molecule has 0 bridgehead atoms. The molecular formula is C48H74O3Si2. The molecule has 2 aliphatic rings. The Balaban J connectivity index is 1.53. The molecule has 0 heterocycles. The van der Waals surface area contributed by atoms with E-state index in [2.05, 4.69) is 168 Å². The third-order valence-corrected chi connectivity index (χ3v) is 15.4. The molecule has 2 aromatic rings. The number of hydrogen-bond acceptors (Lipinski definition) is 3. The molecular weight excluding hydrogens is 681 g/mol. The minimum absolute atomic E-state index is 0.108. The van der Waals surface area contributed by atoms with Gasteiger partial charge in [-0.15, -0.1) is 0 Å². The fourth-order valence-corrected chi connectivity index (χ4v) is 11.2. The number of ether oxygens (including phenoxy) is 3. The van der Waals surface area contributed by atoms with Crippen LogP contribution in [0.5, 0.6) is 11.5 Å². The van der Waals surface area contributed by atoms with E-state index in [1.807, 2.05) is 0 Å². The summed E-state index contributed by atoms with van der Waals surface area (Å²) >= 11 is 0. The summed E-state index contributed by atoms with van der Waals surface area (Å²) < 4.78 is 19.6. The molecule has 2 aliphatic carbocycles. The number of benzene rings is 2. The Morgan fingerprint density at radius 1 is 0.585 bits per heavy atom. The van der Waals surface area contributed by atoms with Gasteiger partial charge in [0.2, 0.25) is 0 Å². The highest BCUT2D eigenvalue weighted by Gasteiger charge is 2.38. The van der Waals surface area contributed by atoms with Crippen LogP contribution >= 0.6 is 0 Å². The monoisotopic (exact) mass is 755 g/mol. The first-order valence-corrected chi connectivity index (χ1v) is 27.6. The van der Waals surface area contributed by atoms with Gasteiger partial charge in [-0.2, -0.15) is 0 Å². The van der Waals surface area contributed by atoms with Crippen molar-refractivity contribution in [3.8, 4) is 11.5 Å². The Kier molecular flexibility index (Phi) is 13.9. The van der Waals surface area contributed by atoms with Gasteiger partial charge in [-0.1, -0.05) is 154 Å². The quantitative estimate of drug-likeness (QED) is 0.126. The number of rotatable bonds is 16. The van der Waals surface area contributed by atoms with Gasteiger partial charge in [0.15, 0.2) is 0 Å². The largest absolute Gasteiger partial charge is 0.494 e. The Morgan fingerprint density at radius 2 is 0.962 bits per heavy atom. The molecule has 0 aromatic heterocycles. The van der Waals surface area contributed by atoms with Gasteiger partial charge >= 0.3 is 0 Å². The molecule has 2 unspecified atom stereocenters. The number of hydrogen-bond donors (Lipinski definition) is 0. The number of para-hydroxylation sites is 2. The van der Waals surface area contributed by atoms with E-state index < -0.39 is 16.1 Å². The highest BCUT2D eigenvalue weighted by Crippen LogP contribution is 2.46. The van der Waals surface area contributed by atoms with Gasteiger partial charge in [0, 0.05) is 35.2 Å². The summed E-state index contributed by atoms with van der Waals surface area (Å²) in [6.07, 6.45) is 20.8. The number of allylic oxidation sites excluding steroid dienone is 8. The molecule has 2 atom stereocenters. The fourth-order valence-electron chi connectivity index (χ4n) is 8.23. The molecule has 2 aromatic carbocycles. The molecule has 292 valence electrons. The second-order valence-electron chi connectivity index (χ2n) is 19.8. The summed E-state index contributed by atoms with van der Waals surface area (Å²) in [7, 11) is -3.25. The highest BCUT2D eigenvalue weighted by atomic mass is 28.3. The summed E-state index contributed by atoms with van der Waals surface area (Å²) in [6.45, 7) is 35.6. The second-order valence-corrected chi connectivity index (χ2v) is 29.8. The molecule has 0 amide bonds. The summed E-state index contributed by atoms with van der Waals surface area (Å²) in [4.78, 5) is 0. The van der Waals surface area contributed by atoms with Crippen LogP contribution in [0.25, 0.3) is 0 Å². The average molecular weight is 755 g/mol. The maximum atomic E-state index is 6.54. The van der Waals surface area contributed by atoms with Crippen molar-refractivity contribution < 1.29 is 14.2 Å². The van der Waals surface area contributed by atoms with Crippen molar-refractivity contribution in [2.24, 2.45) is 10.8 Å². The van der Waals surface area contributed by atoms with Crippen molar-refractivity contribution in [2.75, 3.05) is 26.4 Å². The Labute approximate surface area is 327 Å². The van der Waals surface area contributed by atoms with E-state index in [1.165, 1.54) is 32.6 Å². The molecule has 0 radical (unpaired) electrons. The van der Waals surface area contributed by atoms with Crippen molar-refractivity contribution >= 4 is 26.5 Å². The van der Waals surface area contributed by atoms with Crippen LogP contribution in [0.15, 0.2) is 84.0 Å². The fraction of sp³-hybridized carbons (Fsp3) is 0.583. The zero-order chi connectivity index (χ0) is 39.3. The van der Waals surface area contributed by atoms with Crippen LogP contribution in [0.4, 0.5) is 0 Å². The summed E-state index contributed by atoms with van der Waals surface area (Å²) in [6, 6.07) is 13.8. The Hall–Kier alpha value is -2.61. The summed E-state index contributed by atoms with van der Waals surface area (Å²) in [5.74, 6) is 2.26. The Bertz CT molecular complexity index is 1540.